The summed E-state index contributed by atoms with van der Waals surface area (Å²) in [5.41, 5.74) is 8.09. The fourth-order valence-electron chi connectivity index (χ4n) is 4.44. The number of hydrogen-bond donors (Lipinski definition) is 2. The third-order valence-electron chi connectivity index (χ3n) is 5.72. The quantitative estimate of drug-likeness (QED) is 0.711. The summed E-state index contributed by atoms with van der Waals surface area (Å²) in [6, 6.07) is 17.4. The van der Waals surface area contributed by atoms with Gasteiger partial charge in [-0.05, 0) is 36.1 Å². The fourth-order valence-corrected chi connectivity index (χ4v) is 4.44. The highest BCUT2D eigenvalue weighted by atomic mass is 35.5. The first kappa shape index (κ1) is 18.0. The molecule has 0 aliphatic carbocycles. The lowest BCUT2D eigenvalue weighted by molar-refractivity contribution is 0.340. The van der Waals surface area contributed by atoms with E-state index in [-0.39, 0.29) is 12.4 Å². The van der Waals surface area contributed by atoms with Crippen molar-refractivity contribution >= 4 is 34.9 Å². The van der Waals surface area contributed by atoms with Crippen LogP contribution in [0.3, 0.4) is 0 Å². The lowest BCUT2D eigenvalue weighted by Crippen LogP contribution is -2.40. The van der Waals surface area contributed by atoms with Gasteiger partial charge in [0.1, 0.15) is 5.82 Å². The predicted molar refractivity (Wildman–Crippen MR) is 113 cm³/mol. The number of rotatable bonds is 2. The van der Waals surface area contributed by atoms with Crippen molar-refractivity contribution in [2.45, 2.75) is 18.9 Å². The van der Waals surface area contributed by atoms with Crippen molar-refractivity contribution in [3.8, 4) is 11.3 Å². The molecule has 2 atom stereocenters. The number of nitrogen functional groups attached to an aromatic ring is 1. The van der Waals surface area contributed by atoms with E-state index >= 15 is 0 Å². The van der Waals surface area contributed by atoms with Crippen LogP contribution in [0.4, 0.5) is 11.8 Å². The summed E-state index contributed by atoms with van der Waals surface area (Å²) in [5.74, 6) is 1.99. The van der Waals surface area contributed by atoms with Crippen LogP contribution in [0.2, 0.25) is 0 Å². The molecule has 0 saturated carbocycles. The fraction of sp³-hybridized carbons (Fsp3) is 0.333. The second-order valence-electron chi connectivity index (χ2n) is 7.36. The minimum Gasteiger partial charge on any atom is -0.368 e. The molecule has 3 heterocycles. The number of aromatic nitrogens is 2. The van der Waals surface area contributed by atoms with Crippen LogP contribution in [-0.4, -0.2) is 35.6 Å². The smallest absolute Gasteiger partial charge is 0.222 e. The van der Waals surface area contributed by atoms with Crippen molar-refractivity contribution in [2.24, 2.45) is 5.92 Å². The summed E-state index contributed by atoms with van der Waals surface area (Å²) < 4.78 is 0. The van der Waals surface area contributed by atoms with Gasteiger partial charge in [0, 0.05) is 30.8 Å². The molecule has 1 aromatic heterocycles. The van der Waals surface area contributed by atoms with E-state index in [1.54, 1.807) is 0 Å². The van der Waals surface area contributed by atoms with Crippen LogP contribution >= 0.6 is 12.4 Å². The van der Waals surface area contributed by atoms with Crippen molar-refractivity contribution < 1.29 is 0 Å². The molecule has 2 aliphatic rings. The molecule has 2 aliphatic heterocycles. The molecule has 0 spiro atoms. The van der Waals surface area contributed by atoms with Gasteiger partial charge >= 0.3 is 0 Å². The summed E-state index contributed by atoms with van der Waals surface area (Å²) in [6.07, 6.45) is 2.56. The van der Waals surface area contributed by atoms with Gasteiger partial charge in [0.25, 0.3) is 0 Å². The predicted octanol–water partition coefficient (Wildman–Crippen LogP) is 3.49. The highest BCUT2D eigenvalue weighted by Crippen LogP contribution is 2.32. The summed E-state index contributed by atoms with van der Waals surface area (Å²) in [6.45, 7) is 3.17. The highest BCUT2D eigenvalue weighted by molar-refractivity contribution is 5.96. The Bertz CT molecular complexity index is 941. The third kappa shape index (κ3) is 3.33. The van der Waals surface area contributed by atoms with Crippen LogP contribution in [0.1, 0.15) is 12.8 Å². The standard InChI is InChI=1S/C21H23N5.ClH/c22-21-24-18(17-9-3-6-14-5-1-2-8-16(14)17)11-20(25-21)26-12-15-7-4-10-23-19(15)13-26;/h1-3,5-6,8-9,11,15,19,23H,4,7,10,12-13H2,(H2,22,24,25);1H/t15-,19+;/m1./s1. The zero-order chi connectivity index (χ0) is 17.5. The van der Waals surface area contributed by atoms with Crippen LogP contribution in [0.15, 0.2) is 48.5 Å². The largest absolute Gasteiger partial charge is 0.368 e. The van der Waals surface area contributed by atoms with Gasteiger partial charge in [0.05, 0.1) is 5.69 Å². The highest BCUT2D eigenvalue weighted by Gasteiger charge is 2.35. The van der Waals surface area contributed by atoms with Gasteiger partial charge in [-0.3, -0.25) is 0 Å². The number of fused-ring (bicyclic) bond motifs is 2. The van der Waals surface area contributed by atoms with E-state index in [4.69, 9.17) is 5.73 Å². The summed E-state index contributed by atoms with van der Waals surface area (Å²) in [7, 11) is 0. The van der Waals surface area contributed by atoms with Crippen LogP contribution in [0.5, 0.6) is 0 Å². The molecule has 27 heavy (non-hydrogen) atoms. The van der Waals surface area contributed by atoms with E-state index in [9.17, 15) is 0 Å². The lowest BCUT2D eigenvalue weighted by atomic mass is 9.94. The van der Waals surface area contributed by atoms with Gasteiger partial charge < -0.3 is 16.0 Å². The molecule has 0 unspecified atom stereocenters. The lowest BCUT2D eigenvalue weighted by Gasteiger charge is -2.24. The minimum absolute atomic E-state index is 0. The Morgan fingerprint density at radius 1 is 1.04 bits per heavy atom. The Kier molecular flexibility index (Phi) is 4.89. The van der Waals surface area contributed by atoms with Gasteiger partial charge in [-0.15, -0.1) is 12.4 Å². The minimum atomic E-state index is 0. The third-order valence-corrected chi connectivity index (χ3v) is 5.72. The Balaban J connectivity index is 0.00000180. The molecule has 3 aromatic rings. The second-order valence-corrected chi connectivity index (χ2v) is 7.36. The zero-order valence-electron chi connectivity index (χ0n) is 15.1. The monoisotopic (exact) mass is 381 g/mol. The average Bonchev–Trinajstić information content (AvgIpc) is 3.11. The number of nitrogens with one attached hydrogen (secondary N) is 1. The zero-order valence-corrected chi connectivity index (χ0v) is 16.0. The van der Waals surface area contributed by atoms with E-state index in [1.807, 2.05) is 0 Å². The van der Waals surface area contributed by atoms with Crippen LogP contribution in [-0.2, 0) is 0 Å². The molecule has 6 heteroatoms. The molecule has 0 bridgehead atoms. The number of anilines is 2. The SMILES string of the molecule is Cl.Nc1nc(-c2cccc3ccccc23)cc(N2C[C@H]3CCCN[C@H]3C2)n1. The van der Waals surface area contributed by atoms with E-state index in [2.05, 4.69) is 68.7 Å². The molecule has 0 radical (unpaired) electrons. The molecule has 2 fully saturated rings. The van der Waals surface area contributed by atoms with Crippen molar-refractivity contribution in [3.63, 3.8) is 0 Å². The second kappa shape index (κ2) is 7.33. The maximum absolute atomic E-state index is 6.09. The Morgan fingerprint density at radius 2 is 1.89 bits per heavy atom. The van der Waals surface area contributed by atoms with E-state index < -0.39 is 0 Å². The number of nitrogens with zero attached hydrogens (tertiary/aromatic N) is 3. The first-order chi connectivity index (χ1) is 12.8. The molecule has 3 N–H and O–H groups in total. The number of hydrogen-bond acceptors (Lipinski definition) is 5. The maximum Gasteiger partial charge on any atom is 0.222 e. The Labute approximate surface area is 165 Å². The molecule has 5 rings (SSSR count). The maximum atomic E-state index is 6.09. The van der Waals surface area contributed by atoms with Crippen molar-refractivity contribution in [3.05, 3.63) is 48.5 Å². The summed E-state index contributed by atoms with van der Waals surface area (Å²) in [4.78, 5) is 11.4. The van der Waals surface area contributed by atoms with Gasteiger partial charge in [0.15, 0.2) is 0 Å². The molecular formula is C21H24ClN5. The number of benzene rings is 2. The van der Waals surface area contributed by atoms with Gasteiger partial charge in [-0.2, -0.15) is 4.98 Å². The number of piperidine rings is 1. The van der Waals surface area contributed by atoms with Crippen LogP contribution in [0, 0.1) is 5.92 Å². The normalized spacial score (nSPS) is 21.7. The molecule has 2 aromatic carbocycles. The average molecular weight is 382 g/mol. The van der Waals surface area contributed by atoms with Crippen molar-refractivity contribution in [1.29, 1.82) is 0 Å². The first-order valence-electron chi connectivity index (χ1n) is 9.39. The summed E-state index contributed by atoms with van der Waals surface area (Å²) >= 11 is 0. The van der Waals surface area contributed by atoms with Gasteiger partial charge in [0.2, 0.25) is 5.95 Å². The van der Waals surface area contributed by atoms with E-state index in [0.29, 0.717) is 17.9 Å². The first-order valence-corrected chi connectivity index (χ1v) is 9.39. The van der Waals surface area contributed by atoms with Crippen LogP contribution in [0.25, 0.3) is 22.0 Å². The van der Waals surface area contributed by atoms with Gasteiger partial charge in [-0.25, -0.2) is 4.98 Å². The topological polar surface area (TPSA) is 67.1 Å². The summed E-state index contributed by atoms with van der Waals surface area (Å²) in [5, 5.41) is 6.05. The number of halogens is 1. The Morgan fingerprint density at radius 3 is 2.78 bits per heavy atom. The molecule has 2 saturated heterocycles. The molecule has 0 amide bonds. The molecule has 5 nitrogen and oxygen atoms in total. The van der Waals surface area contributed by atoms with Crippen molar-refractivity contribution in [2.75, 3.05) is 30.3 Å². The molecule has 140 valence electrons. The van der Waals surface area contributed by atoms with Gasteiger partial charge in [-0.1, -0.05) is 42.5 Å². The van der Waals surface area contributed by atoms with E-state index in [0.717, 1.165) is 36.7 Å². The van der Waals surface area contributed by atoms with Crippen LogP contribution < -0.4 is 16.0 Å². The van der Waals surface area contributed by atoms with E-state index in [1.165, 1.54) is 23.6 Å². The Hall–Kier alpha value is -2.37. The van der Waals surface area contributed by atoms with Crippen molar-refractivity contribution in [1.82, 2.24) is 15.3 Å². The molecular weight excluding hydrogens is 358 g/mol. The number of nitrogens with two attached hydrogens (primary N) is 1.